The van der Waals surface area contributed by atoms with E-state index in [1.54, 1.807) is 25.1 Å². The van der Waals surface area contributed by atoms with Crippen LogP contribution >= 0.6 is 0 Å². The number of halogens is 3. The molecule has 2 aromatic heterocycles. The number of hydrogen-bond acceptors (Lipinski definition) is 6. The molecule has 0 aliphatic rings. The third kappa shape index (κ3) is 4.37. The van der Waals surface area contributed by atoms with E-state index in [0.717, 1.165) is 6.07 Å². The van der Waals surface area contributed by atoms with Crippen molar-refractivity contribution in [2.45, 2.75) is 19.7 Å². The summed E-state index contributed by atoms with van der Waals surface area (Å²) in [5.41, 5.74) is 0.283. The van der Waals surface area contributed by atoms with Crippen LogP contribution in [0.5, 0.6) is 11.5 Å². The van der Waals surface area contributed by atoms with E-state index in [1.807, 2.05) is 0 Å². The first kappa shape index (κ1) is 21.2. The van der Waals surface area contributed by atoms with Crippen LogP contribution in [-0.2, 0) is 17.5 Å². The van der Waals surface area contributed by atoms with Gasteiger partial charge in [-0.3, -0.25) is 0 Å². The lowest BCUT2D eigenvalue weighted by atomic mass is 10.2. The molecular formula is C20H18F3N3O4. The number of rotatable bonds is 6. The lowest BCUT2D eigenvalue weighted by Crippen LogP contribution is -2.10. The highest BCUT2D eigenvalue weighted by Crippen LogP contribution is 2.29. The average molecular weight is 421 g/mol. The number of methoxy groups -OCH3 is 2. The fourth-order valence-corrected chi connectivity index (χ4v) is 2.74. The molecule has 158 valence electrons. The maximum Gasteiger partial charge on any atom is 0.417 e. The van der Waals surface area contributed by atoms with Crippen molar-refractivity contribution in [1.29, 1.82) is 0 Å². The van der Waals surface area contributed by atoms with Gasteiger partial charge < -0.3 is 14.2 Å². The molecule has 0 spiro atoms. The first-order chi connectivity index (χ1) is 14.2. The van der Waals surface area contributed by atoms with Crippen LogP contribution in [0.15, 0.2) is 42.7 Å². The van der Waals surface area contributed by atoms with Crippen LogP contribution in [-0.4, -0.2) is 35.0 Å². The van der Waals surface area contributed by atoms with Crippen LogP contribution in [0.3, 0.4) is 0 Å². The Balaban J connectivity index is 1.77. The van der Waals surface area contributed by atoms with Crippen molar-refractivity contribution in [1.82, 2.24) is 14.8 Å². The third-order valence-corrected chi connectivity index (χ3v) is 4.37. The summed E-state index contributed by atoms with van der Waals surface area (Å²) >= 11 is 0. The molecule has 0 amide bonds. The number of pyridine rings is 1. The Hall–Kier alpha value is -3.56. The maximum absolute atomic E-state index is 12.7. The van der Waals surface area contributed by atoms with Crippen molar-refractivity contribution in [3.8, 4) is 17.3 Å². The van der Waals surface area contributed by atoms with Gasteiger partial charge in [0, 0.05) is 11.8 Å². The van der Waals surface area contributed by atoms with Crippen LogP contribution in [0, 0.1) is 6.92 Å². The summed E-state index contributed by atoms with van der Waals surface area (Å²) in [6, 6.07) is 7.18. The van der Waals surface area contributed by atoms with Gasteiger partial charge in [-0.05, 0) is 37.3 Å². The summed E-state index contributed by atoms with van der Waals surface area (Å²) in [6.07, 6.45) is -2.50. The van der Waals surface area contributed by atoms with Crippen LogP contribution in [0.4, 0.5) is 13.2 Å². The summed E-state index contributed by atoms with van der Waals surface area (Å²) in [6.45, 7) is 1.53. The smallest absolute Gasteiger partial charge is 0.417 e. The zero-order valence-electron chi connectivity index (χ0n) is 16.4. The Kier molecular flexibility index (Phi) is 5.95. The quantitative estimate of drug-likeness (QED) is 0.561. The van der Waals surface area contributed by atoms with Crippen molar-refractivity contribution < 1.29 is 32.2 Å². The molecule has 3 aromatic rings. The maximum atomic E-state index is 12.7. The zero-order chi connectivity index (χ0) is 21.9. The zero-order valence-corrected chi connectivity index (χ0v) is 16.4. The molecule has 0 fully saturated rings. The molecule has 0 saturated heterocycles. The molecule has 0 radical (unpaired) electrons. The number of esters is 1. The average Bonchev–Trinajstić information content (AvgIpc) is 3.12. The van der Waals surface area contributed by atoms with E-state index in [1.165, 1.54) is 31.2 Å². The third-order valence-electron chi connectivity index (χ3n) is 4.37. The predicted octanol–water partition coefficient (Wildman–Crippen LogP) is 3.97. The molecule has 10 heteroatoms. The van der Waals surface area contributed by atoms with E-state index in [2.05, 4.69) is 10.1 Å². The second-order valence-corrected chi connectivity index (χ2v) is 6.21. The highest BCUT2D eigenvalue weighted by Gasteiger charge is 2.31. The molecule has 7 nitrogen and oxygen atoms in total. The van der Waals surface area contributed by atoms with Gasteiger partial charge in [-0.1, -0.05) is 0 Å². The predicted molar refractivity (Wildman–Crippen MR) is 99.8 cm³/mol. The minimum atomic E-state index is -4.49. The number of carbonyl (C=O) groups excluding carboxylic acids is 1. The number of carbonyl (C=O) groups is 1. The van der Waals surface area contributed by atoms with Crippen molar-refractivity contribution in [3.63, 3.8) is 0 Å². The lowest BCUT2D eigenvalue weighted by Gasteiger charge is -2.11. The SMILES string of the molecule is COc1ccc(OC)c(COC(=O)c2cnn(-c3ccc(C(F)(F)F)cn3)c2C)c1. The van der Waals surface area contributed by atoms with Gasteiger partial charge in [0.05, 0.1) is 31.7 Å². The topological polar surface area (TPSA) is 75.5 Å². The molecule has 0 N–H and O–H groups in total. The van der Waals surface area contributed by atoms with E-state index in [0.29, 0.717) is 29.0 Å². The summed E-state index contributed by atoms with van der Waals surface area (Å²) in [7, 11) is 3.02. The van der Waals surface area contributed by atoms with Gasteiger partial charge in [0.1, 0.15) is 23.7 Å². The van der Waals surface area contributed by atoms with E-state index in [9.17, 15) is 18.0 Å². The Morgan fingerprint density at radius 2 is 1.87 bits per heavy atom. The normalized spacial score (nSPS) is 11.3. The summed E-state index contributed by atoms with van der Waals surface area (Å²) in [5.74, 6) is 0.619. The van der Waals surface area contributed by atoms with Gasteiger partial charge in [-0.15, -0.1) is 0 Å². The number of aromatic nitrogens is 3. The molecule has 30 heavy (non-hydrogen) atoms. The Morgan fingerprint density at radius 1 is 1.10 bits per heavy atom. The molecule has 0 saturated carbocycles. The second kappa shape index (κ2) is 8.44. The second-order valence-electron chi connectivity index (χ2n) is 6.21. The van der Waals surface area contributed by atoms with Crippen LogP contribution < -0.4 is 9.47 Å². The molecule has 0 bridgehead atoms. The van der Waals surface area contributed by atoms with Crippen LogP contribution in [0.2, 0.25) is 0 Å². The first-order valence-electron chi connectivity index (χ1n) is 8.71. The van der Waals surface area contributed by atoms with E-state index < -0.39 is 17.7 Å². The minimum absolute atomic E-state index is 0.0671. The number of ether oxygens (including phenoxy) is 3. The number of alkyl halides is 3. The van der Waals surface area contributed by atoms with Crippen molar-refractivity contribution in [2.24, 2.45) is 0 Å². The standard InChI is InChI=1S/C20H18F3N3O4/c1-12-16(10-25-26(12)18-7-4-14(9-24-18)20(21,22)23)19(27)30-11-13-8-15(28-2)5-6-17(13)29-3/h4-10H,11H2,1-3H3. The molecule has 2 heterocycles. The Morgan fingerprint density at radius 3 is 2.47 bits per heavy atom. The number of nitrogens with zero attached hydrogens (tertiary/aromatic N) is 3. The molecular weight excluding hydrogens is 403 g/mol. The van der Waals surface area contributed by atoms with Crippen molar-refractivity contribution in [3.05, 3.63) is 65.1 Å². The molecule has 1 aromatic carbocycles. The highest BCUT2D eigenvalue weighted by atomic mass is 19.4. The molecule has 0 aliphatic heterocycles. The van der Waals surface area contributed by atoms with Crippen LogP contribution in [0.1, 0.15) is 27.2 Å². The molecule has 3 rings (SSSR count). The monoisotopic (exact) mass is 421 g/mol. The van der Waals surface area contributed by atoms with Crippen molar-refractivity contribution in [2.75, 3.05) is 14.2 Å². The van der Waals surface area contributed by atoms with E-state index >= 15 is 0 Å². The molecule has 0 unspecified atom stereocenters. The van der Waals surface area contributed by atoms with E-state index in [4.69, 9.17) is 14.2 Å². The minimum Gasteiger partial charge on any atom is -0.497 e. The Bertz CT molecular complexity index is 1050. The fraction of sp³-hybridized carbons (Fsp3) is 0.250. The van der Waals surface area contributed by atoms with Gasteiger partial charge in [0.15, 0.2) is 5.82 Å². The number of benzene rings is 1. The van der Waals surface area contributed by atoms with Gasteiger partial charge in [0.2, 0.25) is 0 Å². The fourth-order valence-electron chi connectivity index (χ4n) is 2.74. The van der Waals surface area contributed by atoms with Gasteiger partial charge >= 0.3 is 12.1 Å². The number of hydrogen-bond donors (Lipinski definition) is 0. The van der Waals surface area contributed by atoms with Gasteiger partial charge in [-0.2, -0.15) is 18.3 Å². The van der Waals surface area contributed by atoms with E-state index in [-0.39, 0.29) is 18.0 Å². The summed E-state index contributed by atoms with van der Waals surface area (Å²) in [5, 5.41) is 4.04. The van der Waals surface area contributed by atoms with Crippen LogP contribution in [0.25, 0.3) is 5.82 Å². The highest BCUT2D eigenvalue weighted by molar-refractivity contribution is 5.90. The molecule has 0 atom stereocenters. The summed E-state index contributed by atoms with van der Waals surface area (Å²) in [4.78, 5) is 16.3. The van der Waals surface area contributed by atoms with Gasteiger partial charge in [0.25, 0.3) is 0 Å². The van der Waals surface area contributed by atoms with Gasteiger partial charge in [-0.25, -0.2) is 14.5 Å². The lowest BCUT2D eigenvalue weighted by molar-refractivity contribution is -0.137. The summed E-state index contributed by atoms with van der Waals surface area (Å²) < 4.78 is 55.1. The first-order valence-corrected chi connectivity index (χ1v) is 8.71. The molecule has 0 aliphatic carbocycles. The largest absolute Gasteiger partial charge is 0.497 e. The Labute approximate surface area is 170 Å². The van der Waals surface area contributed by atoms with Crippen molar-refractivity contribution >= 4 is 5.97 Å².